The number of methoxy groups -OCH3 is 1. The Morgan fingerprint density at radius 2 is 1.97 bits per heavy atom. The topological polar surface area (TPSA) is 43.0 Å². The van der Waals surface area contributed by atoms with Crippen LogP contribution < -0.4 is 14.8 Å². The van der Waals surface area contributed by atoms with Crippen molar-refractivity contribution < 1.29 is 14.2 Å². The van der Waals surface area contributed by atoms with Gasteiger partial charge in [0.1, 0.15) is 11.5 Å². The van der Waals surface area contributed by atoms with Gasteiger partial charge in [0.2, 0.25) is 0 Å². The van der Waals surface area contributed by atoms with E-state index < -0.39 is 0 Å². The Balaban J connectivity index is 1.35. The van der Waals surface area contributed by atoms with Gasteiger partial charge >= 0.3 is 0 Å². The van der Waals surface area contributed by atoms with E-state index in [1.54, 1.807) is 7.11 Å². The average Bonchev–Trinajstić information content (AvgIpc) is 2.77. The number of hydrogen-bond acceptors (Lipinski definition) is 5. The highest BCUT2D eigenvalue weighted by molar-refractivity contribution is 5.45. The first-order valence-corrected chi connectivity index (χ1v) is 10.7. The van der Waals surface area contributed by atoms with Crippen LogP contribution >= 0.6 is 0 Å². The standard InChI is InChI=1S/C24H32N2O3/c1-18-17-28-13-11-26(18)10-3-12-29-22-8-9-23-20(14-22)15-25-16-24(23)19-4-6-21(27-2)7-5-19/h4-9,14,18,24-25H,3,10-13,15-17H2,1-2H3/t18-,24?/m0/s1. The minimum absolute atomic E-state index is 0.363. The SMILES string of the molecule is COc1ccc(C2CNCc3cc(OCCCN4CCOC[C@@H]4C)ccc32)cc1. The lowest BCUT2D eigenvalue weighted by Crippen LogP contribution is -2.44. The van der Waals surface area contributed by atoms with Gasteiger partial charge in [0.15, 0.2) is 0 Å². The van der Waals surface area contributed by atoms with Crippen LogP contribution in [0.25, 0.3) is 0 Å². The molecule has 4 rings (SSSR count). The van der Waals surface area contributed by atoms with Crippen molar-refractivity contribution in [1.29, 1.82) is 0 Å². The van der Waals surface area contributed by atoms with E-state index in [2.05, 4.69) is 47.5 Å². The highest BCUT2D eigenvalue weighted by atomic mass is 16.5. The zero-order chi connectivity index (χ0) is 20.1. The molecule has 1 saturated heterocycles. The fourth-order valence-corrected chi connectivity index (χ4v) is 4.31. The molecule has 1 unspecified atom stereocenters. The maximum absolute atomic E-state index is 6.07. The van der Waals surface area contributed by atoms with E-state index in [-0.39, 0.29) is 0 Å². The van der Waals surface area contributed by atoms with Crippen molar-refractivity contribution in [3.63, 3.8) is 0 Å². The second-order valence-electron chi connectivity index (χ2n) is 7.98. The Kier molecular flexibility index (Phi) is 6.70. The lowest BCUT2D eigenvalue weighted by Gasteiger charge is -2.33. The fraction of sp³-hybridized carbons (Fsp3) is 0.500. The minimum atomic E-state index is 0.363. The molecule has 0 aromatic heterocycles. The molecule has 0 saturated carbocycles. The van der Waals surface area contributed by atoms with E-state index in [4.69, 9.17) is 14.2 Å². The number of benzene rings is 2. The molecule has 0 bridgehead atoms. The molecule has 0 amide bonds. The van der Waals surface area contributed by atoms with Crippen molar-refractivity contribution >= 4 is 0 Å². The Bertz CT molecular complexity index is 793. The number of fused-ring (bicyclic) bond motifs is 1. The van der Waals surface area contributed by atoms with Crippen LogP contribution in [-0.2, 0) is 11.3 Å². The summed E-state index contributed by atoms with van der Waals surface area (Å²) >= 11 is 0. The molecule has 5 nitrogen and oxygen atoms in total. The molecule has 5 heteroatoms. The molecular weight excluding hydrogens is 364 g/mol. The molecule has 2 aliphatic heterocycles. The first-order chi connectivity index (χ1) is 14.2. The summed E-state index contributed by atoms with van der Waals surface area (Å²) < 4.78 is 16.9. The summed E-state index contributed by atoms with van der Waals surface area (Å²) in [4.78, 5) is 2.49. The van der Waals surface area contributed by atoms with Crippen LogP contribution in [0, 0.1) is 0 Å². The quantitative estimate of drug-likeness (QED) is 0.727. The maximum Gasteiger partial charge on any atom is 0.119 e. The Hall–Kier alpha value is -2.08. The first-order valence-electron chi connectivity index (χ1n) is 10.7. The van der Waals surface area contributed by atoms with Crippen molar-refractivity contribution in [2.24, 2.45) is 0 Å². The predicted octanol–water partition coefficient (Wildman–Crippen LogP) is 3.42. The summed E-state index contributed by atoms with van der Waals surface area (Å²) in [6, 6.07) is 15.5. The van der Waals surface area contributed by atoms with E-state index in [1.807, 2.05) is 12.1 Å². The van der Waals surface area contributed by atoms with Crippen molar-refractivity contribution in [3.8, 4) is 11.5 Å². The summed E-state index contributed by atoms with van der Waals surface area (Å²) in [5.74, 6) is 2.23. The van der Waals surface area contributed by atoms with E-state index in [9.17, 15) is 0 Å². The number of ether oxygens (including phenoxy) is 3. The molecule has 2 aromatic carbocycles. The van der Waals surface area contributed by atoms with Crippen LogP contribution in [0.15, 0.2) is 42.5 Å². The predicted molar refractivity (Wildman–Crippen MR) is 115 cm³/mol. The Morgan fingerprint density at radius 1 is 1.14 bits per heavy atom. The van der Waals surface area contributed by atoms with Crippen LogP contribution in [0.3, 0.4) is 0 Å². The second kappa shape index (κ2) is 9.61. The molecule has 29 heavy (non-hydrogen) atoms. The van der Waals surface area contributed by atoms with Gasteiger partial charge in [-0.25, -0.2) is 0 Å². The lowest BCUT2D eigenvalue weighted by atomic mass is 9.85. The van der Waals surface area contributed by atoms with Crippen molar-refractivity contribution in [2.45, 2.75) is 31.8 Å². The first kappa shape index (κ1) is 20.2. The Morgan fingerprint density at radius 3 is 2.76 bits per heavy atom. The van der Waals surface area contributed by atoms with E-state index in [0.29, 0.717) is 12.0 Å². The molecule has 2 aliphatic rings. The number of nitrogens with zero attached hydrogens (tertiary/aromatic N) is 1. The van der Waals surface area contributed by atoms with E-state index >= 15 is 0 Å². The fourth-order valence-electron chi connectivity index (χ4n) is 4.31. The highest BCUT2D eigenvalue weighted by Gasteiger charge is 2.22. The van der Waals surface area contributed by atoms with Gasteiger partial charge in [-0.1, -0.05) is 18.2 Å². The van der Waals surface area contributed by atoms with Gasteiger partial charge in [-0.3, -0.25) is 4.90 Å². The van der Waals surface area contributed by atoms with Gasteiger partial charge in [-0.05, 0) is 54.3 Å². The van der Waals surface area contributed by atoms with Crippen LogP contribution in [-0.4, -0.2) is 57.5 Å². The summed E-state index contributed by atoms with van der Waals surface area (Å²) in [6.45, 7) is 8.61. The van der Waals surface area contributed by atoms with Gasteiger partial charge in [-0.2, -0.15) is 0 Å². The molecule has 2 aromatic rings. The Labute approximate surface area is 174 Å². The molecule has 0 radical (unpaired) electrons. The number of morpholine rings is 1. The third-order valence-electron chi connectivity index (χ3n) is 6.04. The molecule has 0 spiro atoms. The number of rotatable bonds is 7. The van der Waals surface area contributed by atoms with Crippen LogP contribution in [0.4, 0.5) is 0 Å². The second-order valence-corrected chi connectivity index (χ2v) is 7.98. The zero-order valence-corrected chi connectivity index (χ0v) is 17.5. The third-order valence-corrected chi connectivity index (χ3v) is 6.04. The van der Waals surface area contributed by atoms with Gasteiger partial charge in [0, 0.05) is 38.1 Å². The summed E-state index contributed by atoms with van der Waals surface area (Å²) in [5.41, 5.74) is 4.03. The summed E-state index contributed by atoms with van der Waals surface area (Å²) in [6.07, 6.45) is 1.04. The molecular formula is C24H32N2O3. The smallest absolute Gasteiger partial charge is 0.119 e. The van der Waals surface area contributed by atoms with Crippen molar-refractivity contribution in [1.82, 2.24) is 10.2 Å². The zero-order valence-electron chi connectivity index (χ0n) is 17.5. The maximum atomic E-state index is 6.07. The normalized spacial score (nSPS) is 22.1. The number of hydrogen-bond donors (Lipinski definition) is 1. The molecule has 2 heterocycles. The van der Waals surface area contributed by atoms with Gasteiger partial charge < -0.3 is 19.5 Å². The average molecular weight is 397 g/mol. The van der Waals surface area contributed by atoms with Crippen LogP contribution in [0.1, 0.15) is 36.0 Å². The molecule has 0 aliphatic carbocycles. The highest BCUT2D eigenvalue weighted by Crippen LogP contribution is 2.33. The largest absolute Gasteiger partial charge is 0.497 e. The van der Waals surface area contributed by atoms with Crippen molar-refractivity contribution in [2.75, 3.05) is 46.6 Å². The minimum Gasteiger partial charge on any atom is -0.497 e. The van der Waals surface area contributed by atoms with Crippen LogP contribution in [0.2, 0.25) is 0 Å². The summed E-state index contributed by atoms with van der Waals surface area (Å²) in [7, 11) is 1.70. The lowest BCUT2D eigenvalue weighted by molar-refractivity contribution is -0.00201. The van der Waals surface area contributed by atoms with E-state index in [0.717, 1.165) is 63.9 Å². The third kappa shape index (κ3) is 4.92. The van der Waals surface area contributed by atoms with Gasteiger partial charge in [0.25, 0.3) is 0 Å². The molecule has 1 fully saturated rings. The monoisotopic (exact) mass is 396 g/mol. The van der Waals surface area contributed by atoms with Crippen molar-refractivity contribution in [3.05, 3.63) is 59.2 Å². The summed E-state index contributed by atoms with van der Waals surface area (Å²) in [5, 5.41) is 3.56. The molecule has 156 valence electrons. The molecule has 2 atom stereocenters. The molecule has 1 N–H and O–H groups in total. The van der Waals surface area contributed by atoms with Gasteiger partial charge in [-0.15, -0.1) is 0 Å². The number of nitrogens with one attached hydrogen (secondary N) is 1. The van der Waals surface area contributed by atoms with E-state index in [1.165, 1.54) is 16.7 Å². The van der Waals surface area contributed by atoms with Gasteiger partial charge in [0.05, 0.1) is 26.9 Å². The van der Waals surface area contributed by atoms with Crippen LogP contribution in [0.5, 0.6) is 11.5 Å².